The van der Waals surface area contributed by atoms with E-state index in [1.165, 1.54) is 31.2 Å². The third-order valence-corrected chi connectivity index (χ3v) is 15.9. The summed E-state index contributed by atoms with van der Waals surface area (Å²) in [5.74, 6) is -14.3. The smallest absolute Gasteiger partial charge is 0.306 e. The van der Waals surface area contributed by atoms with Crippen molar-refractivity contribution in [2.24, 2.45) is 17.1 Å². The van der Waals surface area contributed by atoms with Gasteiger partial charge in [0.1, 0.15) is 71.7 Å². The van der Waals surface area contributed by atoms with Crippen LogP contribution in [-0.4, -0.2) is 215 Å². The Balaban J connectivity index is 1.22. The Kier molecular flexibility index (Phi) is 21.9. The lowest BCUT2D eigenvalue weighted by Crippen LogP contribution is -2.65. The number of benzene rings is 3. The number of primary amides is 1. The molecule has 4 heterocycles. The van der Waals surface area contributed by atoms with Crippen LogP contribution in [0.4, 0.5) is 0 Å². The highest BCUT2D eigenvalue weighted by molar-refractivity contribution is 7.86. The highest BCUT2D eigenvalue weighted by atomic mass is 32.2. The minimum absolute atomic E-state index is 0.0208. The van der Waals surface area contributed by atoms with Crippen LogP contribution in [0.2, 0.25) is 0 Å². The van der Waals surface area contributed by atoms with E-state index in [1.54, 1.807) is 30.3 Å². The summed E-state index contributed by atoms with van der Waals surface area (Å²) in [5, 5.41) is 105. The largest absolute Gasteiger partial charge is 0.504 e. The van der Waals surface area contributed by atoms with Gasteiger partial charge in [0.05, 0.1) is 37.1 Å². The molecule has 500 valence electrons. The maximum atomic E-state index is 14.7. The average molecular weight is 1310 g/mol. The molecule has 32 heteroatoms. The fraction of sp³-hybridized carbons (Fsp3) is 0.500. The molecule has 3 fully saturated rings. The van der Waals surface area contributed by atoms with Crippen LogP contribution in [0.1, 0.15) is 96.2 Å². The number of aliphatic hydroxyl groups is 7. The lowest BCUT2D eigenvalue weighted by molar-refractivity contribution is -0.149. The fourth-order valence-corrected chi connectivity index (χ4v) is 11.9. The molecule has 0 bridgehead atoms. The van der Waals surface area contributed by atoms with Crippen molar-refractivity contribution in [1.82, 2.24) is 41.5 Å². The number of phenols is 1. The number of ether oxygens (including phenoxy) is 1. The van der Waals surface area contributed by atoms with E-state index in [2.05, 4.69) is 47.2 Å². The van der Waals surface area contributed by atoms with Gasteiger partial charge in [-0.1, -0.05) is 51.1 Å². The number of phenolic OH excluding ortho intramolecular Hbond substituents is 1. The van der Waals surface area contributed by atoms with E-state index >= 15 is 0 Å². The van der Waals surface area contributed by atoms with E-state index in [4.69, 9.17) is 19.2 Å². The number of hydrogen-bond donors (Lipinski definition) is 14. The quantitative estimate of drug-likeness (QED) is 0.0407. The van der Waals surface area contributed by atoms with E-state index < -0.39 is 203 Å². The van der Waals surface area contributed by atoms with Gasteiger partial charge < -0.3 is 96.4 Å². The lowest BCUT2D eigenvalue weighted by atomic mass is 9.83. The van der Waals surface area contributed by atoms with Gasteiger partial charge in [0.25, 0.3) is 11.8 Å². The van der Waals surface area contributed by atoms with Gasteiger partial charge in [-0.15, -0.1) is 0 Å². The van der Waals surface area contributed by atoms with Crippen molar-refractivity contribution >= 4 is 63.2 Å². The molecular weight excluding hydrogens is 1230 g/mol. The number of nitrogens with two attached hydrogens (primary N) is 1. The summed E-state index contributed by atoms with van der Waals surface area (Å²) >= 11 is 0. The number of fused-ring (bicyclic) bond motifs is 2. The van der Waals surface area contributed by atoms with E-state index in [0.717, 1.165) is 31.5 Å². The molecule has 0 aliphatic carbocycles. The highest BCUT2D eigenvalue weighted by Gasteiger charge is 2.51. The number of aromatic hydroxyl groups is 1. The molecule has 4 aromatic rings. The number of rotatable bonds is 16. The number of aliphatic hydroxyl groups excluding tert-OH is 7. The first-order chi connectivity index (χ1) is 42.8. The summed E-state index contributed by atoms with van der Waals surface area (Å²) < 4.78 is 40.7. The zero-order valence-electron chi connectivity index (χ0n) is 51.4. The number of carbonyl (C=O) groups excluding carboxylic acids is 9. The molecule has 14 atom stereocenters. The molecule has 15 N–H and O–H groups in total. The maximum absolute atomic E-state index is 14.7. The van der Waals surface area contributed by atoms with Gasteiger partial charge in [0.15, 0.2) is 17.3 Å². The van der Waals surface area contributed by atoms with Crippen molar-refractivity contribution in [2.75, 3.05) is 19.3 Å². The zero-order valence-corrected chi connectivity index (χ0v) is 52.2. The Labute approximate surface area is 527 Å². The third kappa shape index (κ3) is 17.5. The Morgan fingerprint density at radius 1 is 0.793 bits per heavy atom. The van der Waals surface area contributed by atoms with Crippen LogP contribution in [0.15, 0.2) is 77.3 Å². The van der Waals surface area contributed by atoms with Crippen molar-refractivity contribution in [3.8, 4) is 39.8 Å². The third-order valence-electron chi connectivity index (χ3n) is 15.5. The molecule has 7 rings (SSSR count). The van der Waals surface area contributed by atoms with Crippen molar-refractivity contribution < 1.29 is 106 Å². The summed E-state index contributed by atoms with van der Waals surface area (Å²) in [6, 6.07) is 3.86. The normalized spacial score (nSPS) is 25.6. The number of hydrogen-bond acceptors (Lipinski definition) is 23. The molecule has 1 aromatic heterocycles. The first-order valence-corrected chi connectivity index (χ1v) is 30.9. The molecule has 92 heavy (non-hydrogen) atoms. The van der Waals surface area contributed by atoms with Crippen LogP contribution in [0.25, 0.3) is 22.6 Å². The standard InChI is InChI=1S/C60H77N9O22S/c1-27-24-69-47(48(27)76)56(84)66-54(82)40(74)21-36(62-51(79)31-11-9-29(10-12-31)35-22-41(90-67-35)30-13-16-34(17-14-30)89-60(6,7)26-59(3,4)5)52(80)63-44(28(2)70)57(85)68-25-33(71)20-37(68)53(81)65-46(55(83)64-45(58(69)86)39(73)23-43(61)75)50(78)49(77)32-15-18-38(72)42(19-32)91-92(8,87)88/h9-19,22,27-28,33,36-37,39,44-50,56,70-73,76-78,84H,20-21,23-26H2,1-8H3,(H2,61,75)(H,62,79)(H,63,80)(H,64,83)(H,65,81)(H,66,82). The Morgan fingerprint density at radius 3 is 2.01 bits per heavy atom. The molecule has 31 nitrogen and oxygen atoms in total. The number of aromatic nitrogens is 1. The Bertz CT molecular complexity index is 3540. The van der Waals surface area contributed by atoms with E-state index in [-0.39, 0.29) is 11.0 Å². The van der Waals surface area contributed by atoms with Gasteiger partial charge in [-0.25, -0.2) is 0 Å². The van der Waals surface area contributed by atoms with Crippen LogP contribution in [0.3, 0.4) is 0 Å². The van der Waals surface area contributed by atoms with Gasteiger partial charge in [-0.2, -0.15) is 8.42 Å². The predicted molar refractivity (Wildman–Crippen MR) is 320 cm³/mol. The topological polar surface area (TPSA) is 487 Å². The van der Waals surface area contributed by atoms with Gasteiger partial charge in [-0.05, 0) is 86.7 Å². The first kappa shape index (κ1) is 70.8. The number of ketones is 1. The van der Waals surface area contributed by atoms with E-state index in [9.17, 15) is 92.4 Å². The van der Waals surface area contributed by atoms with Gasteiger partial charge >= 0.3 is 10.1 Å². The number of nitrogens with zero attached hydrogens (tertiary/aromatic N) is 3. The molecule has 14 unspecified atom stereocenters. The maximum Gasteiger partial charge on any atom is 0.306 e. The second-order valence-corrected chi connectivity index (χ2v) is 26.7. The summed E-state index contributed by atoms with van der Waals surface area (Å²) in [6.45, 7) is 11.5. The van der Waals surface area contributed by atoms with Gasteiger partial charge in [0.2, 0.25) is 41.2 Å². The fourth-order valence-electron chi connectivity index (χ4n) is 11.4. The Hall–Kier alpha value is -8.63. The molecule has 3 aromatic carbocycles. The van der Waals surface area contributed by atoms with Gasteiger partial charge in [0, 0.05) is 54.6 Å². The van der Waals surface area contributed by atoms with Crippen LogP contribution < -0.4 is 41.2 Å². The first-order valence-electron chi connectivity index (χ1n) is 29.1. The van der Waals surface area contributed by atoms with Gasteiger partial charge in [-0.3, -0.25) is 43.2 Å². The minimum Gasteiger partial charge on any atom is -0.504 e. The van der Waals surface area contributed by atoms with Crippen molar-refractivity contribution in [1.29, 1.82) is 0 Å². The van der Waals surface area contributed by atoms with Crippen molar-refractivity contribution in [3.63, 3.8) is 0 Å². The van der Waals surface area contributed by atoms with Crippen LogP contribution in [-0.2, 0) is 48.5 Å². The molecule has 3 aliphatic rings. The van der Waals surface area contributed by atoms with E-state index in [0.29, 0.717) is 44.4 Å². The summed E-state index contributed by atoms with van der Waals surface area (Å²) in [6.07, 6.45) is -16.6. The number of nitrogens with one attached hydrogen (secondary N) is 5. The predicted octanol–water partition coefficient (Wildman–Crippen LogP) is -2.51. The highest BCUT2D eigenvalue weighted by Crippen LogP contribution is 2.35. The number of carbonyl (C=O) groups is 9. The van der Waals surface area contributed by atoms with Crippen molar-refractivity contribution in [2.45, 2.75) is 159 Å². The zero-order chi connectivity index (χ0) is 68.2. The number of Topliss-reactive ketones (excluding diaryl/α,β-unsaturated/α-hetero) is 1. The average Bonchev–Trinajstić information content (AvgIpc) is 1.68. The summed E-state index contributed by atoms with van der Waals surface area (Å²) in [5.41, 5.74) is 5.78. The monoisotopic (exact) mass is 1310 g/mol. The van der Waals surface area contributed by atoms with Crippen molar-refractivity contribution in [3.05, 3.63) is 83.9 Å². The molecule has 0 radical (unpaired) electrons. The minimum atomic E-state index is -4.36. The second kappa shape index (κ2) is 28.5. The van der Waals surface area contributed by atoms with Crippen LogP contribution in [0.5, 0.6) is 17.2 Å². The summed E-state index contributed by atoms with van der Waals surface area (Å²) in [4.78, 5) is 128. The SMILES string of the molecule is CC(O)C1NC(=O)C(NC(=O)c2ccc(-c3cc(-c4ccc(OC(C)(C)CC(C)(C)C)cc4)on3)cc2)CC(=O)C(=O)NC(O)C2C(O)C(C)CN2C(=O)C(C(O)CC(N)=O)NC(=O)C(C(O)C(O)c2ccc(O)c(OS(C)(=O)=O)c2)NC(=O)C2CC(O)CN2C1=O. The number of amides is 8. The second-order valence-electron chi connectivity index (χ2n) is 25.1. The Morgan fingerprint density at radius 2 is 1.40 bits per heavy atom. The van der Waals surface area contributed by atoms with E-state index in [1.807, 2.05) is 19.2 Å². The molecule has 3 aliphatic heterocycles. The van der Waals surface area contributed by atoms with Crippen LogP contribution in [0, 0.1) is 11.3 Å². The molecule has 0 spiro atoms. The lowest BCUT2D eigenvalue weighted by Gasteiger charge is -2.35. The molecule has 3 saturated heterocycles. The summed E-state index contributed by atoms with van der Waals surface area (Å²) in [7, 11) is -4.36. The molecular formula is C60H77N9O22S. The molecule has 0 saturated carbocycles. The molecule has 8 amide bonds. The van der Waals surface area contributed by atoms with Crippen LogP contribution >= 0.6 is 0 Å².